The lowest BCUT2D eigenvalue weighted by Gasteiger charge is -2.36. The predicted molar refractivity (Wildman–Crippen MR) is 103 cm³/mol. The van der Waals surface area contributed by atoms with Gasteiger partial charge in [-0.05, 0) is 11.6 Å². The molecule has 4 rings (SSSR count). The van der Waals surface area contributed by atoms with Gasteiger partial charge in [0.15, 0.2) is 0 Å². The molecule has 2 aliphatic heterocycles. The Labute approximate surface area is 162 Å². The van der Waals surface area contributed by atoms with Gasteiger partial charge in [0.25, 0.3) is 11.5 Å². The first-order valence-electron chi connectivity index (χ1n) is 9.16. The van der Waals surface area contributed by atoms with Crippen molar-refractivity contribution >= 4 is 23.1 Å². The minimum Gasteiger partial charge on any atom is -0.297 e. The first-order valence-corrected chi connectivity index (χ1v) is 9.16. The number of anilines is 1. The Hall–Kier alpha value is -3.10. The van der Waals surface area contributed by atoms with Crippen LogP contribution >= 0.6 is 0 Å². The fourth-order valence-corrected chi connectivity index (χ4v) is 3.67. The second-order valence-electron chi connectivity index (χ2n) is 7.04. The monoisotopic (exact) mass is 380 g/mol. The van der Waals surface area contributed by atoms with Crippen LogP contribution in [0.25, 0.3) is 0 Å². The second kappa shape index (κ2) is 7.49. The van der Waals surface area contributed by atoms with Crippen LogP contribution in [0.4, 0.5) is 11.4 Å². The number of carbonyl (C=O) groups is 2. The number of benzene rings is 2. The van der Waals surface area contributed by atoms with Crippen LogP contribution in [0.15, 0.2) is 48.5 Å². The van der Waals surface area contributed by atoms with Crippen molar-refractivity contribution in [1.29, 1.82) is 0 Å². The Morgan fingerprint density at radius 2 is 1.61 bits per heavy atom. The number of rotatable bonds is 5. The van der Waals surface area contributed by atoms with E-state index >= 15 is 0 Å². The van der Waals surface area contributed by atoms with Crippen LogP contribution in [0.5, 0.6) is 0 Å². The second-order valence-corrected chi connectivity index (χ2v) is 7.04. The molecule has 2 aliphatic rings. The molecule has 2 aromatic carbocycles. The van der Waals surface area contributed by atoms with Crippen LogP contribution in [0.1, 0.15) is 15.9 Å². The van der Waals surface area contributed by atoms with Gasteiger partial charge in [0.05, 0.1) is 22.8 Å². The maximum Gasteiger partial charge on any atom is 0.300 e. The van der Waals surface area contributed by atoms with Gasteiger partial charge in [0, 0.05) is 44.9 Å². The zero-order valence-electron chi connectivity index (χ0n) is 15.3. The van der Waals surface area contributed by atoms with Crippen LogP contribution in [0.2, 0.25) is 0 Å². The molecule has 0 atom stereocenters. The topological polar surface area (TPSA) is 87.0 Å². The van der Waals surface area contributed by atoms with Gasteiger partial charge in [0.1, 0.15) is 0 Å². The van der Waals surface area contributed by atoms with Crippen LogP contribution < -0.4 is 4.90 Å². The van der Waals surface area contributed by atoms with E-state index in [0.29, 0.717) is 12.4 Å². The van der Waals surface area contributed by atoms with Gasteiger partial charge in [-0.1, -0.05) is 30.3 Å². The smallest absolute Gasteiger partial charge is 0.297 e. The number of hydrogen-bond acceptors (Lipinski definition) is 6. The number of nitro groups is 1. The molecule has 0 unspecified atom stereocenters. The Morgan fingerprint density at radius 1 is 0.929 bits per heavy atom. The molecule has 0 bridgehead atoms. The summed E-state index contributed by atoms with van der Waals surface area (Å²) in [6.07, 6.45) is 0. The lowest BCUT2D eigenvalue weighted by atomic mass is 10.1. The molecule has 144 valence electrons. The molecule has 8 nitrogen and oxygen atoms in total. The van der Waals surface area contributed by atoms with Gasteiger partial charge < -0.3 is 0 Å². The quantitative estimate of drug-likeness (QED) is 0.447. The van der Waals surface area contributed by atoms with Crippen LogP contribution in [-0.2, 0) is 11.3 Å². The summed E-state index contributed by atoms with van der Waals surface area (Å²) in [5.74, 6) is -1.30. The van der Waals surface area contributed by atoms with Gasteiger partial charge in [-0.15, -0.1) is 0 Å². The van der Waals surface area contributed by atoms with E-state index in [-0.39, 0.29) is 11.3 Å². The van der Waals surface area contributed by atoms with E-state index in [1.165, 1.54) is 28.7 Å². The number of fused-ring (bicyclic) bond motifs is 1. The van der Waals surface area contributed by atoms with Crippen molar-refractivity contribution in [2.75, 3.05) is 37.7 Å². The van der Waals surface area contributed by atoms with Gasteiger partial charge in [-0.2, -0.15) is 0 Å². The van der Waals surface area contributed by atoms with Crippen molar-refractivity contribution in [1.82, 2.24) is 9.80 Å². The van der Waals surface area contributed by atoms with Crippen molar-refractivity contribution in [2.24, 2.45) is 0 Å². The molecular weight excluding hydrogens is 360 g/mol. The molecule has 1 amide bonds. The molecule has 2 aromatic rings. The number of hydrogen-bond donors (Lipinski definition) is 0. The van der Waals surface area contributed by atoms with Crippen molar-refractivity contribution in [3.8, 4) is 0 Å². The van der Waals surface area contributed by atoms with Crippen molar-refractivity contribution in [3.05, 3.63) is 69.8 Å². The van der Waals surface area contributed by atoms with E-state index in [9.17, 15) is 19.7 Å². The van der Waals surface area contributed by atoms with E-state index < -0.39 is 16.6 Å². The van der Waals surface area contributed by atoms with Crippen LogP contribution in [0.3, 0.4) is 0 Å². The Balaban J connectivity index is 1.40. The number of piperazine rings is 1. The lowest BCUT2D eigenvalue weighted by molar-refractivity contribution is -0.384. The molecule has 0 saturated carbocycles. The van der Waals surface area contributed by atoms with Gasteiger partial charge >= 0.3 is 5.91 Å². The third-order valence-corrected chi connectivity index (χ3v) is 5.22. The molecule has 1 fully saturated rings. The number of nitro benzene ring substituents is 1. The lowest BCUT2D eigenvalue weighted by Crippen LogP contribution is -2.50. The number of amides is 1. The molecule has 2 heterocycles. The Morgan fingerprint density at radius 3 is 2.29 bits per heavy atom. The summed E-state index contributed by atoms with van der Waals surface area (Å²) in [6.45, 7) is 4.52. The number of Topliss-reactive ketones (excluding diaryl/α,β-unsaturated/α-hetero) is 1. The zero-order chi connectivity index (χ0) is 19.7. The molecule has 0 N–H and O–H groups in total. The highest BCUT2D eigenvalue weighted by atomic mass is 16.6. The molecule has 8 heteroatoms. The van der Waals surface area contributed by atoms with E-state index in [1.54, 1.807) is 0 Å². The standard InChI is InChI=1S/C20H20N4O4/c25-19-17-12-16(24(27)28)6-7-18(17)23(20(19)26)14-22-10-8-21(9-11-22)13-15-4-2-1-3-5-15/h1-7,12H,8-11,13-14H2. The molecule has 28 heavy (non-hydrogen) atoms. The Bertz CT molecular complexity index is 923. The first kappa shape index (κ1) is 18.3. The first-order chi connectivity index (χ1) is 13.5. The molecule has 0 aliphatic carbocycles. The van der Waals surface area contributed by atoms with Crippen molar-refractivity contribution in [2.45, 2.75) is 6.54 Å². The van der Waals surface area contributed by atoms with Crippen LogP contribution in [-0.4, -0.2) is 59.3 Å². The molecule has 0 aromatic heterocycles. The highest BCUT2D eigenvalue weighted by Gasteiger charge is 2.38. The number of ketones is 1. The fraction of sp³-hybridized carbons (Fsp3) is 0.300. The predicted octanol–water partition coefficient (Wildman–Crippen LogP) is 1.90. The van der Waals surface area contributed by atoms with E-state index in [1.807, 2.05) is 18.2 Å². The van der Waals surface area contributed by atoms with Crippen LogP contribution in [0, 0.1) is 10.1 Å². The number of carbonyl (C=O) groups excluding carboxylic acids is 2. The van der Waals surface area contributed by atoms with Gasteiger partial charge in [-0.3, -0.25) is 34.4 Å². The summed E-state index contributed by atoms with van der Waals surface area (Å²) < 4.78 is 0. The summed E-state index contributed by atoms with van der Waals surface area (Å²) in [6, 6.07) is 14.3. The molecule has 0 spiro atoms. The highest BCUT2D eigenvalue weighted by molar-refractivity contribution is 6.52. The third-order valence-electron chi connectivity index (χ3n) is 5.22. The maximum absolute atomic E-state index is 12.4. The SMILES string of the molecule is O=C1C(=O)N(CN2CCN(Cc3ccccc3)CC2)c2ccc([N+](=O)[O-])cc21. The molecule has 1 saturated heterocycles. The summed E-state index contributed by atoms with van der Waals surface area (Å²) in [4.78, 5) is 40.9. The van der Waals surface area contributed by atoms with E-state index in [2.05, 4.69) is 21.9 Å². The van der Waals surface area contributed by atoms with Gasteiger partial charge in [0.2, 0.25) is 0 Å². The van der Waals surface area contributed by atoms with Crippen molar-refractivity contribution < 1.29 is 14.5 Å². The Kier molecular flexibility index (Phi) is 4.89. The van der Waals surface area contributed by atoms with E-state index in [0.717, 1.165) is 32.7 Å². The fourth-order valence-electron chi connectivity index (χ4n) is 3.67. The molecular formula is C20H20N4O4. The number of non-ortho nitro benzene ring substituents is 1. The average molecular weight is 380 g/mol. The minimum atomic E-state index is -0.679. The minimum absolute atomic E-state index is 0.113. The summed E-state index contributed by atoms with van der Waals surface area (Å²) in [7, 11) is 0. The average Bonchev–Trinajstić information content (AvgIpc) is 2.94. The van der Waals surface area contributed by atoms with Gasteiger partial charge in [-0.25, -0.2) is 0 Å². The molecule has 0 radical (unpaired) electrons. The largest absolute Gasteiger partial charge is 0.300 e. The number of nitrogens with zero attached hydrogens (tertiary/aromatic N) is 4. The zero-order valence-corrected chi connectivity index (χ0v) is 15.3. The summed E-state index contributed by atoms with van der Waals surface area (Å²) in [5, 5.41) is 10.9. The normalized spacial score (nSPS) is 17.8. The third kappa shape index (κ3) is 3.51. The summed E-state index contributed by atoms with van der Waals surface area (Å²) >= 11 is 0. The van der Waals surface area contributed by atoms with Crippen molar-refractivity contribution in [3.63, 3.8) is 0 Å². The summed E-state index contributed by atoms with van der Waals surface area (Å²) in [5.41, 5.74) is 1.65. The maximum atomic E-state index is 12.4. The van der Waals surface area contributed by atoms with E-state index in [4.69, 9.17) is 0 Å². The highest BCUT2D eigenvalue weighted by Crippen LogP contribution is 2.32.